The molecule has 22 heavy (non-hydrogen) atoms. The fourth-order valence-electron chi connectivity index (χ4n) is 1.96. The minimum absolute atomic E-state index is 0.140. The van der Waals surface area contributed by atoms with Gasteiger partial charge in [0.2, 0.25) is 5.91 Å². The summed E-state index contributed by atoms with van der Waals surface area (Å²) in [5.41, 5.74) is 0.904. The van der Waals surface area contributed by atoms with Crippen LogP contribution in [0.15, 0.2) is 53.4 Å². The summed E-state index contributed by atoms with van der Waals surface area (Å²) in [7, 11) is 1.59. The predicted octanol–water partition coefficient (Wildman–Crippen LogP) is 3.63. The Morgan fingerprint density at radius 1 is 1.23 bits per heavy atom. The van der Waals surface area contributed by atoms with Crippen LogP contribution in [0.1, 0.15) is 12.5 Å². The van der Waals surface area contributed by atoms with Crippen molar-refractivity contribution in [3.63, 3.8) is 0 Å². The van der Waals surface area contributed by atoms with Crippen LogP contribution in [0.5, 0.6) is 5.75 Å². The molecule has 0 fully saturated rings. The van der Waals surface area contributed by atoms with E-state index in [9.17, 15) is 9.18 Å². The van der Waals surface area contributed by atoms with Gasteiger partial charge >= 0.3 is 0 Å². The molecule has 0 aromatic heterocycles. The fraction of sp³-hybridized carbons (Fsp3) is 0.235. The Morgan fingerprint density at radius 2 is 1.91 bits per heavy atom. The second-order valence-electron chi connectivity index (χ2n) is 4.72. The minimum atomic E-state index is -0.383. The van der Waals surface area contributed by atoms with E-state index in [1.165, 1.54) is 17.8 Å². The molecule has 0 heterocycles. The second-order valence-corrected chi connectivity index (χ2v) is 6.10. The topological polar surface area (TPSA) is 38.3 Å². The van der Waals surface area contributed by atoms with Crippen LogP contribution >= 0.6 is 11.8 Å². The Balaban J connectivity index is 1.93. The van der Waals surface area contributed by atoms with Crippen molar-refractivity contribution in [2.75, 3.05) is 7.11 Å². The molecule has 0 aliphatic carbocycles. The van der Waals surface area contributed by atoms with Gasteiger partial charge < -0.3 is 10.1 Å². The number of thioether (sulfide) groups is 1. The lowest BCUT2D eigenvalue weighted by atomic mass is 10.2. The van der Waals surface area contributed by atoms with Gasteiger partial charge in [-0.3, -0.25) is 4.79 Å². The number of benzene rings is 2. The van der Waals surface area contributed by atoms with Gasteiger partial charge in [-0.1, -0.05) is 30.3 Å². The highest BCUT2D eigenvalue weighted by Crippen LogP contribution is 2.26. The molecular formula is C17H18FNO2S. The van der Waals surface area contributed by atoms with Gasteiger partial charge in [-0.15, -0.1) is 11.8 Å². The highest BCUT2D eigenvalue weighted by molar-refractivity contribution is 8.00. The normalized spacial score (nSPS) is 11.8. The van der Waals surface area contributed by atoms with Crippen LogP contribution in [0.3, 0.4) is 0 Å². The number of halogens is 1. The molecule has 0 radical (unpaired) electrons. The third-order valence-electron chi connectivity index (χ3n) is 3.16. The Kier molecular flexibility index (Phi) is 5.83. The van der Waals surface area contributed by atoms with E-state index in [1.54, 1.807) is 32.2 Å². The summed E-state index contributed by atoms with van der Waals surface area (Å²) < 4.78 is 18.8. The standard InChI is InChI=1S/C17H18FNO2S/c1-12(22-16-10-6-4-8-14(16)18)17(20)19-11-13-7-3-5-9-15(13)21-2/h3-10,12H,11H2,1-2H3,(H,19,20). The third kappa shape index (κ3) is 4.24. The molecule has 1 unspecified atom stereocenters. The molecule has 3 nitrogen and oxygen atoms in total. The number of carbonyl (C=O) groups is 1. The van der Waals surface area contributed by atoms with Gasteiger partial charge in [-0.25, -0.2) is 4.39 Å². The lowest BCUT2D eigenvalue weighted by Crippen LogP contribution is -2.30. The zero-order valence-electron chi connectivity index (χ0n) is 12.5. The van der Waals surface area contributed by atoms with E-state index in [0.717, 1.165) is 11.3 Å². The third-order valence-corrected chi connectivity index (χ3v) is 4.31. The molecule has 0 bridgehead atoms. The van der Waals surface area contributed by atoms with E-state index in [4.69, 9.17) is 4.74 Å². The molecule has 0 aliphatic rings. The van der Waals surface area contributed by atoms with Crippen molar-refractivity contribution >= 4 is 17.7 Å². The molecule has 2 rings (SSSR count). The molecule has 1 atom stereocenters. The molecule has 0 spiro atoms. The second kappa shape index (κ2) is 7.84. The van der Waals surface area contributed by atoms with E-state index < -0.39 is 0 Å². The van der Waals surface area contributed by atoms with Crippen molar-refractivity contribution < 1.29 is 13.9 Å². The van der Waals surface area contributed by atoms with Crippen LogP contribution in [0, 0.1) is 5.82 Å². The number of hydrogen-bond acceptors (Lipinski definition) is 3. The van der Waals surface area contributed by atoms with Crippen molar-refractivity contribution in [3.8, 4) is 5.75 Å². The maximum atomic E-state index is 13.6. The Morgan fingerprint density at radius 3 is 2.64 bits per heavy atom. The average Bonchev–Trinajstić information content (AvgIpc) is 2.54. The predicted molar refractivity (Wildman–Crippen MR) is 86.6 cm³/mol. The van der Waals surface area contributed by atoms with Crippen LogP contribution in [0.25, 0.3) is 0 Å². The van der Waals surface area contributed by atoms with Crippen LogP contribution in [-0.2, 0) is 11.3 Å². The Hall–Kier alpha value is -2.01. The zero-order valence-corrected chi connectivity index (χ0v) is 13.3. The maximum absolute atomic E-state index is 13.6. The van der Waals surface area contributed by atoms with Crippen molar-refractivity contribution in [1.29, 1.82) is 0 Å². The zero-order chi connectivity index (χ0) is 15.9. The molecule has 2 aromatic carbocycles. The quantitative estimate of drug-likeness (QED) is 0.826. The molecule has 1 amide bonds. The SMILES string of the molecule is COc1ccccc1CNC(=O)C(C)Sc1ccccc1F. The molecular weight excluding hydrogens is 301 g/mol. The smallest absolute Gasteiger partial charge is 0.233 e. The number of nitrogens with one attached hydrogen (secondary N) is 1. The van der Waals surface area contributed by atoms with E-state index in [1.807, 2.05) is 24.3 Å². The van der Waals surface area contributed by atoms with Crippen molar-refractivity contribution in [2.24, 2.45) is 0 Å². The molecule has 0 aliphatic heterocycles. The first-order valence-corrected chi connectivity index (χ1v) is 7.80. The molecule has 1 N–H and O–H groups in total. The van der Waals surface area contributed by atoms with Gasteiger partial charge in [-0.2, -0.15) is 0 Å². The number of ether oxygens (including phenoxy) is 1. The van der Waals surface area contributed by atoms with Gasteiger partial charge in [0, 0.05) is 17.0 Å². The molecule has 0 saturated heterocycles. The number of carbonyl (C=O) groups excluding carboxylic acids is 1. The molecule has 0 saturated carbocycles. The summed E-state index contributed by atoms with van der Waals surface area (Å²) in [6.45, 7) is 2.14. The van der Waals surface area contributed by atoms with E-state index in [2.05, 4.69) is 5.32 Å². The van der Waals surface area contributed by atoms with Gasteiger partial charge in [0.05, 0.1) is 12.4 Å². The van der Waals surface area contributed by atoms with E-state index in [0.29, 0.717) is 11.4 Å². The Labute approximate surface area is 133 Å². The highest BCUT2D eigenvalue weighted by Gasteiger charge is 2.16. The largest absolute Gasteiger partial charge is 0.496 e. The van der Waals surface area contributed by atoms with E-state index in [-0.39, 0.29) is 17.0 Å². The summed E-state index contributed by atoms with van der Waals surface area (Å²) in [6.07, 6.45) is 0. The summed E-state index contributed by atoms with van der Waals surface area (Å²) >= 11 is 1.21. The summed E-state index contributed by atoms with van der Waals surface area (Å²) in [5, 5.41) is 2.47. The minimum Gasteiger partial charge on any atom is -0.496 e. The molecule has 116 valence electrons. The molecule has 5 heteroatoms. The van der Waals surface area contributed by atoms with Crippen LogP contribution in [-0.4, -0.2) is 18.3 Å². The summed E-state index contributed by atoms with van der Waals surface area (Å²) in [6, 6.07) is 14.0. The number of hydrogen-bond donors (Lipinski definition) is 1. The van der Waals surface area contributed by atoms with Crippen LogP contribution < -0.4 is 10.1 Å². The summed E-state index contributed by atoms with van der Waals surface area (Å²) in [4.78, 5) is 12.6. The van der Waals surface area contributed by atoms with Gasteiger partial charge in [0.1, 0.15) is 11.6 Å². The number of amides is 1. The van der Waals surface area contributed by atoms with Gasteiger partial charge in [0.15, 0.2) is 0 Å². The number of para-hydroxylation sites is 1. The van der Waals surface area contributed by atoms with Gasteiger partial charge in [-0.05, 0) is 25.1 Å². The fourth-order valence-corrected chi connectivity index (χ4v) is 2.87. The van der Waals surface area contributed by atoms with Crippen molar-refractivity contribution in [2.45, 2.75) is 23.6 Å². The molecule has 2 aromatic rings. The maximum Gasteiger partial charge on any atom is 0.233 e. The Bertz CT molecular complexity index is 648. The van der Waals surface area contributed by atoms with Gasteiger partial charge in [0.25, 0.3) is 0 Å². The van der Waals surface area contributed by atoms with Crippen molar-refractivity contribution in [1.82, 2.24) is 5.32 Å². The van der Waals surface area contributed by atoms with E-state index >= 15 is 0 Å². The first kappa shape index (κ1) is 16.4. The average molecular weight is 319 g/mol. The van der Waals surface area contributed by atoms with Crippen LogP contribution in [0.2, 0.25) is 0 Å². The highest BCUT2D eigenvalue weighted by atomic mass is 32.2. The van der Waals surface area contributed by atoms with Crippen LogP contribution in [0.4, 0.5) is 4.39 Å². The first-order valence-electron chi connectivity index (χ1n) is 6.92. The number of rotatable bonds is 6. The lowest BCUT2D eigenvalue weighted by Gasteiger charge is -2.13. The number of methoxy groups -OCH3 is 1. The first-order chi connectivity index (χ1) is 10.6. The lowest BCUT2D eigenvalue weighted by molar-refractivity contribution is -0.120. The monoisotopic (exact) mass is 319 g/mol. The summed E-state index contributed by atoms with van der Waals surface area (Å²) in [5.74, 6) is 0.285. The van der Waals surface area contributed by atoms with Crippen molar-refractivity contribution in [3.05, 3.63) is 59.9 Å².